The molecule has 0 saturated carbocycles. The highest BCUT2D eigenvalue weighted by molar-refractivity contribution is 7.15. The molecule has 3 aromatic rings. The van der Waals surface area contributed by atoms with E-state index in [1.54, 1.807) is 18.2 Å². The van der Waals surface area contributed by atoms with Crippen LogP contribution >= 0.6 is 11.3 Å². The summed E-state index contributed by atoms with van der Waals surface area (Å²) >= 11 is 1.38. The van der Waals surface area contributed by atoms with Crippen LogP contribution < -0.4 is 10.9 Å². The number of amides is 1. The molecule has 1 aromatic carbocycles. The van der Waals surface area contributed by atoms with E-state index in [1.807, 2.05) is 6.07 Å². The van der Waals surface area contributed by atoms with Gasteiger partial charge in [0, 0.05) is 19.4 Å². The van der Waals surface area contributed by atoms with E-state index >= 15 is 0 Å². The number of fused-ring (bicyclic) bond motifs is 1. The second-order valence-corrected chi connectivity index (χ2v) is 7.22. The van der Waals surface area contributed by atoms with Gasteiger partial charge in [0.1, 0.15) is 5.01 Å². The second-order valence-electron chi connectivity index (χ2n) is 6.16. The maximum Gasteiger partial charge on any atom is 0.261 e. The van der Waals surface area contributed by atoms with Gasteiger partial charge in [0.25, 0.3) is 5.56 Å². The first-order valence-corrected chi connectivity index (χ1v) is 8.91. The van der Waals surface area contributed by atoms with Crippen LogP contribution in [0.25, 0.3) is 10.9 Å². The number of nitrogens with zero attached hydrogens (tertiary/aromatic N) is 4. The summed E-state index contributed by atoms with van der Waals surface area (Å²) < 4.78 is 1.45. The predicted molar refractivity (Wildman–Crippen MR) is 97.7 cm³/mol. The number of carbonyl (C=O) groups is 1. The van der Waals surface area contributed by atoms with Crippen LogP contribution in [0.4, 0.5) is 5.13 Å². The molecule has 0 fully saturated rings. The Morgan fingerprint density at radius 1 is 1.28 bits per heavy atom. The molecule has 0 aliphatic heterocycles. The van der Waals surface area contributed by atoms with Crippen LogP contribution in [-0.4, -0.2) is 25.7 Å². The molecule has 2 aromatic heterocycles. The molecule has 25 heavy (non-hydrogen) atoms. The minimum absolute atomic E-state index is 0.145. The average Bonchev–Trinajstić information content (AvgIpc) is 3.00. The third-order valence-electron chi connectivity index (χ3n) is 3.61. The Hall–Kier alpha value is -2.61. The number of hydrogen-bond acceptors (Lipinski definition) is 6. The largest absolute Gasteiger partial charge is 0.300 e. The molecule has 130 valence electrons. The van der Waals surface area contributed by atoms with Gasteiger partial charge in [-0.25, -0.2) is 4.98 Å². The number of carbonyl (C=O) groups excluding carboxylic acids is 1. The molecular formula is C17H19N5O2S. The molecule has 0 unspecified atom stereocenters. The van der Waals surface area contributed by atoms with Gasteiger partial charge < -0.3 is 5.32 Å². The minimum Gasteiger partial charge on any atom is -0.300 e. The first-order valence-electron chi connectivity index (χ1n) is 8.09. The number of hydrogen-bond donors (Lipinski definition) is 1. The lowest BCUT2D eigenvalue weighted by Crippen LogP contribution is -2.23. The van der Waals surface area contributed by atoms with Crippen molar-refractivity contribution in [2.75, 3.05) is 5.32 Å². The van der Waals surface area contributed by atoms with Crippen molar-refractivity contribution in [2.45, 2.75) is 33.2 Å². The Morgan fingerprint density at radius 3 is 2.88 bits per heavy atom. The highest BCUT2D eigenvalue weighted by atomic mass is 32.1. The van der Waals surface area contributed by atoms with Crippen LogP contribution in [0.5, 0.6) is 0 Å². The minimum atomic E-state index is -0.202. The van der Waals surface area contributed by atoms with E-state index in [1.165, 1.54) is 22.2 Å². The number of benzene rings is 1. The van der Waals surface area contributed by atoms with Crippen molar-refractivity contribution >= 4 is 33.3 Å². The highest BCUT2D eigenvalue weighted by Gasteiger charge is 2.10. The van der Waals surface area contributed by atoms with Crippen molar-refractivity contribution in [3.63, 3.8) is 0 Å². The van der Waals surface area contributed by atoms with E-state index in [0.29, 0.717) is 22.0 Å². The number of anilines is 1. The number of nitrogens with one attached hydrogen (secondary N) is 1. The maximum atomic E-state index is 12.4. The summed E-state index contributed by atoms with van der Waals surface area (Å²) in [5.41, 5.74) is 0.508. The molecule has 0 saturated heterocycles. The fourth-order valence-corrected chi connectivity index (χ4v) is 3.37. The Labute approximate surface area is 148 Å². The zero-order chi connectivity index (χ0) is 17.8. The number of aromatic nitrogens is 4. The zero-order valence-corrected chi connectivity index (χ0v) is 14.9. The Morgan fingerprint density at radius 2 is 2.08 bits per heavy atom. The number of rotatable bonds is 6. The molecule has 1 N–H and O–H groups in total. The number of aryl methyl sites for hydroxylation is 1. The molecule has 0 aliphatic rings. The van der Waals surface area contributed by atoms with Crippen molar-refractivity contribution in [1.82, 2.24) is 19.7 Å². The van der Waals surface area contributed by atoms with E-state index in [2.05, 4.69) is 34.3 Å². The van der Waals surface area contributed by atoms with Crippen LogP contribution in [-0.2, 0) is 17.8 Å². The third-order valence-corrected chi connectivity index (χ3v) is 4.47. The van der Waals surface area contributed by atoms with Gasteiger partial charge in [-0.05, 0) is 18.1 Å². The van der Waals surface area contributed by atoms with Gasteiger partial charge >= 0.3 is 0 Å². The van der Waals surface area contributed by atoms with Crippen molar-refractivity contribution in [3.8, 4) is 0 Å². The number of para-hydroxylation sites is 1. The van der Waals surface area contributed by atoms with E-state index in [9.17, 15) is 9.59 Å². The van der Waals surface area contributed by atoms with Gasteiger partial charge in [-0.3, -0.25) is 14.2 Å². The molecule has 7 nitrogen and oxygen atoms in total. The summed E-state index contributed by atoms with van der Waals surface area (Å²) in [4.78, 5) is 28.7. The van der Waals surface area contributed by atoms with E-state index < -0.39 is 0 Å². The summed E-state index contributed by atoms with van der Waals surface area (Å²) in [7, 11) is 0. The van der Waals surface area contributed by atoms with Crippen LogP contribution in [0.1, 0.15) is 25.3 Å². The summed E-state index contributed by atoms with van der Waals surface area (Å²) in [6.45, 7) is 4.48. The summed E-state index contributed by atoms with van der Waals surface area (Å²) in [5, 5.41) is 12.7. The van der Waals surface area contributed by atoms with Crippen LogP contribution in [0.2, 0.25) is 0 Å². The second kappa shape index (κ2) is 7.52. The third kappa shape index (κ3) is 4.27. The first kappa shape index (κ1) is 17.2. The molecule has 0 radical (unpaired) electrons. The summed E-state index contributed by atoms with van der Waals surface area (Å²) in [5.74, 6) is 0.288. The monoisotopic (exact) mass is 357 g/mol. The standard InChI is InChI=1S/C17H19N5O2S/c1-11(2)9-15-20-21-17(25-15)19-14(23)7-8-22-10-18-13-6-4-3-5-12(13)16(22)24/h3-6,10-11H,7-9H2,1-2H3,(H,19,21,23). The molecule has 3 rings (SSSR count). The van der Waals surface area contributed by atoms with Crippen LogP contribution in [0.3, 0.4) is 0 Å². The summed E-state index contributed by atoms with van der Waals surface area (Å²) in [6.07, 6.45) is 2.48. The average molecular weight is 357 g/mol. The van der Waals surface area contributed by atoms with Crippen LogP contribution in [0.15, 0.2) is 35.4 Å². The van der Waals surface area contributed by atoms with Crippen molar-refractivity contribution < 1.29 is 4.79 Å². The lowest BCUT2D eigenvalue weighted by molar-refractivity contribution is -0.116. The molecule has 0 spiro atoms. The molecule has 8 heteroatoms. The van der Waals surface area contributed by atoms with E-state index in [-0.39, 0.29) is 24.4 Å². The Balaban J connectivity index is 1.62. The molecule has 1 amide bonds. The summed E-state index contributed by atoms with van der Waals surface area (Å²) in [6, 6.07) is 7.16. The topological polar surface area (TPSA) is 89.8 Å². The lowest BCUT2D eigenvalue weighted by atomic mass is 10.1. The zero-order valence-electron chi connectivity index (χ0n) is 14.1. The fraction of sp³-hybridized carbons (Fsp3) is 0.353. The van der Waals surface area contributed by atoms with Gasteiger partial charge in [0.15, 0.2) is 0 Å². The highest BCUT2D eigenvalue weighted by Crippen LogP contribution is 2.18. The van der Waals surface area contributed by atoms with E-state index in [4.69, 9.17) is 0 Å². The van der Waals surface area contributed by atoms with Crippen molar-refractivity contribution in [2.24, 2.45) is 5.92 Å². The molecule has 2 heterocycles. The molecule has 0 aliphatic carbocycles. The molecular weight excluding hydrogens is 338 g/mol. The van der Waals surface area contributed by atoms with Gasteiger partial charge in [-0.2, -0.15) is 0 Å². The normalized spacial score (nSPS) is 11.2. The predicted octanol–water partition coefficient (Wildman–Crippen LogP) is 2.48. The van der Waals surface area contributed by atoms with Gasteiger partial charge in [-0.15, -0.1) is 10.2 Å². The Kier molecular flexibility index (Phi) is 5.18. The SMILES string of the molecule is CC(C)Cc1nnc(NC(=O)CCn2cnc3ccccc3c2=O)s1. The van der Waals surface area contributed by atoms with Gasteiger partial charge in [0.2, 0.25) is 11.0 Å². The lowest BCUT2D eigenvalue weighted by Gasteiger charge is -2.06. The smallest absolute Gasteiger partial charge is 0.261 e. The quantitative estimate of drug-likeness (QED) is 0.732. The van der Waals surface area contributed by atoms with Crippen molar-refractivity contribution in [1.29, 1.82) is 0 Å². The van der Waals surface area contributed by atoms with Crippen molar-refractivity contribution in [3.05, 3.63) is 46.0 Å². The van der Waals surface area contributed by atoms with Gasteiger partial charge in [0.05, 0.1) is 17.2 Å². The fourth-order valence-electron chi connectivity index (χ4n) is 2.41. The molecule has 0 atom stereocenters. The van der Waals surface area contributed by atoms with E-state index in [0.717, 1.165) is 11.4 Å². The maximum absolute atomic E-state index is 12.4. The van der Waals surface area contributed by atoms with Gasteiger partial charge in [-0.1, -0.05) is 37.3 Å². The Bertz CT molecular complexity index is 947. The van der Waals surface area contributed by atoms with Crippen LogP contribution in [0, 0.1) is 5.92 Å². The first-order chi connectivity index (χ1) is 12.0. The molecule has 0 bridgehead atoms.